The van der Waals surface area contributed by atoms with E-state index in [-0.39, 0.29) is 0 Å². The summed E-state index contributed by atoms with van der Waals surface area (Å²) in [4.78, 5) is 0. The third kappa shape index (κ3) is 4.88. The largest absolute Gasteiger partial charge is 0.310 e. The van der Waals surface area contributed by atoms with Crippen LogP contribution in [0.25, 0.3) is 89.6 Å². The number of aromatic nitrogens is 2. The lowest BCUT2D eigenvalue weighted by Crippen LogP contribution is -2.27. The maximum atomic E-state index is 2.41. The standard InChI is InChI=1S/C48H36N2/c1-3-41-43-31-37(25-27-47(43)49(45(41)4-2)39-20-9-6-10-21-39)38-26-28-48-44(32-38)42-23-11-12-24-46(42)50(48)40-22-14-19-36(30-40)35-18-13-17-34(29-35)33-15-7-5-8-16-33/h3-32H,1-2H3/b41-3-,45-4+. The molecule has 2 heterocycles. The second-order valence-electron chi connectivity index (χ2n) is 12.9. The molecule has 9 aromatic rings. The lowest BCUT2D eigenvalue weighted by atomic mass is 9.99. The van der Waals surface area contributed by atoms with Crippen molar-refractivity contribution in [3.63, 3.8) is 0 Å². The third-order valence-electron chi connectivity index (χ3n) is 10.0. The van der Waals surface area contributed by atoms with Gasteiger partial charge in [-0.05, 0) is 108 Å². The Hall–Kier alpha value is -6.38. The first kappa shape index (κ1) is 29.7. The number of benzene rings is 7. The van der Waals surface area contributed by atoms with E-state index in [0.717, 1.165) is 5.69 Å². The van der Waals surface area contributed by atoms with E-state index in [1.807, 2.05) is 0 Å². The first-order chi connectivity index (χ1) is 24.7. The molecule has 0 spiro atoms. The summed E-state index contributed by atoms with van der Waals surface area (Å²) in [5.41, 5.74) is 13.2. The molecule has 0 amide bonds. The molecule has 0 fully saturated rings. The average molecular weight is 641 g/mol. The van der Waals surface area contributed by atoms with Crippen LogP contribution in [0.3, 0.4) is 0 Å². The number of nitrogens with zero attached hydrogens (tertiary/aromatic N) is 2. The zero-order valence-corrected chi connectivity index (χ0v) is 28.2. The highest BCUT2D eigenvalue weighted by atomic mass is 15.0. The van der Waals surface area contributed by atoms with Gasteiger partial charge in [-0.25, -0.2) is 0 Å². The number of para-hydroxylation sites is 2. The Bertz CT molecular complexity index is 2820. The molecule has 0 saturated carbocycles. The van der Waals surface area contributed by atoms with Crippen LogP contribution in [0.15, 0.2) is 170 Å². The van der Waals surface area contributed by atoms with Gasteiger partial charge in [0.2, 0.25) is 0 Å². The highest BCUT2D eigenvalue weighted by molar-refractivity contribution is 6.10. The molecule has 0 aliphatic carbocycles. The molecule has 0 radical (unpaired) electrons. The number of hydrogen-bond donors (Lipinski definition) is 0. The lowest BCUT2D eigenvalue weighted by molar-refractivity contribution is 1.07. The van der Waals surface area contributed by atoms with Crippen molar-refractivity contribution in [1.29, 1.82) is 0 Å². The van der Waals surface area contributed by atoms with E-state index in [1.165, 1.54) is 82.3 Å². The molecular weight excluding hydrogens is 605 g/mol. The summed E-state index contributed by atoms with van der Waals surface area (Å²) in [6, 6.07) is 61.7. The zero-order chi connectivity index (χ0) is 33.6. The average Bonchev–Trinajstić information content (AvgIpc) is 3.70. The molecule has 0 aliphatic heterocycles. The minimum atomic E-state index is 1.15. The molecule has 0 atom stereocenters. The third-order valence-corrected chi connectivity index (χ3v) is 10.0. The fourth-order valence-electron chi connectivity index (χ4n) is 7.72. The summed E-state index contributed by atoms with van der Waals surface area (Å²) in [6.07, 6.45) is 4.46. The summed E-state index contributed by atoms with van der Waals surface area (Å²) in [6.45, 7) is 4.27. The number of hydrogen-bond acceptors (Lipinski definition) is 0. The Morgan fingerprint density at radius 3 is 1.58 bits per heavy atom. The van der Waals surface area contributed by atoms with Crippen LogP contribution in [0.2, 0.25) is 0 Å². The Morgan fingerprint density at radius 2 is 0.860 bits per heavy atom. The molecule has 0 saturated heterocycles. The first-order valence-corrected chi connectivity index (χ1v) is 17.3. The lowest BCUT2D eigenvalue weighted by Gasteiger charge is -2.12. The van der Waals surface area contributed by atoms with Crippen LogP contribution >= 0.6 is 0 Å². The van der Waals surface area contributed by atoms with E-state index in [4.69, 9.17) is 0 Å². The van der Waals surface area contributed by atoms with Crippen molar-refractivity contribution in [2.45, 2.75) is 13.8 Å². The SMILES string of the molecule is C/C=c1\c(=C/C)n(-c2ccccc2)c2ccc(-c3ccc4c(c3)c3ccccc3n4-c3cccc(-c4cccc(-c5ccccc5)c4)c3)cc12. The van der Waals surface area contributed by atoms with Crippen LogP contribution in [0, 0.1) is 0 Å². The first-order valence-electron chi connectivity index (χ1n) is 17.3. The second kappa shape index (κ2) is 12.3. The van der Waals surface area contributed by atoms with Gasteiger partial charge in [0.1, 0.15) is 0 Å². The smallest absolute Gasteiger partial charge is 0.0541 e. The maximum Gasteiger partial charge on any atom is 0.0541 e. The van der Waals surface area contributed by atoms with Crippen molar-refractivity contribution in [3.05, 3.63) is 180 Å². The van der Waals surface area contributed by atoms with Crippen molar-refractivity contribution in [1.82, 2.24) is 9.13 Å². The van der Waals surface area contributed by atoms with E-state index in [0.29, 0.717) is 0 Å². The van der Waals surface area contributed by atoms with Crippen molar-refractivity contribution in [3.8, 4) is 44.8 Å². The van der Waals surface area contributed by atoms with Crippen LogP contribution in [0.1, 0.15) is 13.8 Å². The minimum Gasteiger partial charge on any atom is -0.310 e. The topological polar surface area (TPSA) is 9.86 Å². The zero-order valence-electron chi connectivity index (χ0n) is 28.2. The van der Waals surface area contributed by atoms with E-state index in [1.54, 1.807) is 0 Å². The van der Waals surface area contributed by atoms with Gasteiger partial charge in [-0.15, -0.1) is 0 Å². The molecular formula is C48H36N2. The van der Waals surface area contributed by atoms with Crippen LogP contribution in [0.4, 0.5) is 0 Å². The Kier molecular flexibility index (Phi) is 7.29. The summed E-state index contributed by atoms with van der Waals surface area (Å²) in [5, 5.41) is 6.25. The van der Waals surface area contributed by atoms with Gasteiger partial charge in [-0.2, -0.15) is 0 Å². The van der Waals surface area contributed by atoms with E-state index >= 15 is 0 Å². The molecule has 2 heteroatoms. The predicted molar refractivity (Wildman–Crippen MR) is 213 cm³/mol. The van der Waals surface area contributed by atoms with E-state index in [2.05, 4.69) is 205 Å². The molecule has 2 nitrogen and oxygen atoms in total. The van der Waals surface area contributed by atoms with Crippen LogP contribution in [-0.4, -0.2) is 9.13 Å². The quantitative estimate of drug-likeness (QED) is 0.177. The van der Waals surface area contributed by atoms with Crippen molar-refractivity contribution in [2.24, 2.45) is 0 Å². The second-order valence-corrected chi connectivity index (χ2v) is 12.9. The number of rotatable bonds is 5. The molecule has 0 N–H and O–H groups in total. The normalized spacial score (nSPS) is 12.4. The highest BCUT2D eigenvalue weighted by Gasteiger charge is 2.15. The molecule has 9 rings (SSSR count). The summed E-state index contributed by atoms with van der Waals surface area (Å²) in [5.74, 6) is 0. The summed E-state index contributed by atoms with van der Waals surface area (Å²) >= 11 is 0. The minimum absolute atomic E-state index is 1.15. The Morgan fingerprint density at radius 1 is 0.340 bits per heavy atom. The van der Waals surface area contributed by atoms with E-state index in [9.17, 15) is 0 Å². The van der Waals surface area contributed by atoms with Gasteiger partial charge in [-0.1, -0.05) is 121 Å². The van der Waals surface area contributed by atoms with Crippen molar-refractivity contribution in [2.75, 3.05) is 0 Å². The van der Waals surface area contributed by atoms with Gasteiger partial charge < -0.3 is 9.13 Å². The van der Waals surface area contributed by atoms with Gasteiger partial charge in [0.25, 0.3) is 0 Å². The van der Waals surface area contributed by atoms with Crippen molar-refractivity contribution >= 4 is 44.9 Å². The van der Waals surface area contributed by atoms with Gasteiger partial charge in [0.05, 0.1) is 16.6 Å². The molecule has 0 bridgehead atoms. The van der Waals surface area contributed by atoms with Gasteiger partial charge in [-0.3, -0.25) is 0 Å². The molecule has 50 heavy (non-hydrogen) atoms. The highest BCUT2D eigenvalue weighted by Crippen LogP contribution is 2.36. The fraction of sp³-hybridized carbons (Fsp3) is 0.0417. The van der Waals surface area contributed by atoms with E-state index < -0.39 is 0 Å². The molecule has 2 aromatic heterocycles. The van der Waals surface area contributed by atoms with Crippen LogP contribution < -0.4 is 10.6 Å². The summed E-state index contributed by atoms with van der Waals surface area (Å²) in [7, 11) is 0. The van der Waals surface area contributed by atoms with Crippen LogP contribution in [0.5, 0.6) is 0 Å². The molecule has 238 valence electrons. The fourth-order valence-corrected chi connectivity index (χ4v) is 7.72. The number of fused-ring (bicyclic) bond motifs is 4. The van der Waals surface area contributed by atoms with Gasteiger partial charge in [0.15, 0.2) is 0 Å². The molecule has 7 aromatic carbocycles. The van der Waals surface area contributed by atoms with Crippen molar-refractivity contribution < 1.29 is 0 Å². The Balaban J connectivity index is 1.18. The Labute approximate surface area is 292 Å². The molecule has 0 unspecified atom stereocenters. The van der Waals surface area contributed by atoms with Gasteiger partial charge in [0, 0.05) is 38.1 Å². The monoisotopic (exact) mass is 640 g/mol. The van der Waals surface area contributed by atoms with Gasteiger partial charge >= 0.3 is 0 Å². The molecule has 0 aliphatic rings. The maximum absolute atomic E-state index is 2.41. The predicted octanol–water partition coefficient (Wildman–Crippen LogP) is 11.3. The summed E-state index contributed by atoms with van der Waals surface area (Å²) < 4.78 is 4.78. The van der Waals surface area contributed by atoms with Crippen LogP contribution in [-0.2, 0) is 0 Å².